The van der Waals surface area contributed by atoms with Crippen molar-refractivity contribution in [1.82, 2.24) is 10.3 Å². The van der Waals surface area contributed by atoms with E-state index in [1.54, 1.807) is 12.3 Å². The molecular formula is C14H20F2N4O2. The largest absolute Gasteiger partial charge is 0.375 e. The van der Waals surface area contributed by atoms with Gasteiger partial charge in [0.05, 0.1) is 24.9 Å². The van der Waals surface area contributed by atoms with Gasteiger partial charge < -0.3 is 20.3 Å². The predicted molar refractivity (Wildman–Crippen MR) is 79.4 cm³/mol. The summed E-state index contributed by atoms with van der Waals surface area (Å²) in [5.41, 5.74) is 1.01. The van der Waals surface area contributed by atoms with Crippen LogP contribution in [0.25, 0.3) is 0 Å². The molecule has 1 saturated heterocycles. The van der Waals surface area contributed by atoms with Crippen LogP contribution in [0, 0.1) is 0 Å². The second kappa shape index (κ2) is 8.60. The lowest BCUT2D eigenvalue weighted by Crippen LogP contribution is -2.43. The standard InChI is InChI=1S/C14H20F2N4O2/c15-12(16)10-22-8-3-14(21)19-13-2-1-11(9-18-13)20-6-4-17-5-7-20/h1-2,9,12,17H,3-8,10H2,(H,18,19,21). The van der Waals surface area contributed by atoms with Gasteiger partial charge in [0.2, 0.25) is 5.91 Å². The van der Waals surface area contributed by atoms with Crippen LogP contribution in [0.2, 0.25) is 0 Å². The SMILES string of the molecule is O=C(CCOCC(F)F)Nc1ccc(N2CCNCC2)cn1. The fraction of sp³-hybridized carbons (Fsp3) is 0.571. The Labute approximate surface area is 127 Å². The first kappa shape index (κ1) is 16.6. The zero-order chi connectivity index (χ0) is 15.8. The molecule has 0 aromatic carbocycles. The molecule has 0 aliphatic carbocycles. The normalized spacial score (nSPS) is 15.1. The fourth-order valence-corrected chi connectivity index (χ4v) is 2.11. The van der Waals surface area contributed by atoms with Crippen LogP contribution in [0.3, 0.4) is 0 Å². The minimum atomic E-state index is -2.51. The number of halogens is 2. The Balaban J connectivity index is 1.74. The van der Waals surface area contributed by atoms with E-state index in [9.17, 15) is 13.6 Å². The molecule has 0 unspecified atom stereocenters. The summed E-state index contributed by atoms with van der Waals surface area (Å²) < 4.78 is 28.4. The van der Waals surface area contributed by atoms with Gasteiger partial charge in [-0.2, -0.15) is 0 Å². The van der Waals surface area contributed by atoms with Crippen molar-refractivity contribution in [2.24, 2.45) is 0 Å². The number of pyridine rings is 1. The van der Waals surface area contributed by atoms with Gasteiger partial charge in [-0.25, -0.2) is 13.8 Å². The maximum Gasteiger partial charge on any atom is 0.261 e. The summed E-state index contributed by atoms with van der Waals surface area (Å²) >= 11 is 0. The van der Waals surface area contributed by atoms with E-state index in [4.69, 9.17) is 0 Å². The van der Waals surface area contributed by atoms with Crippen LogP contribution in [0.15, 0.2) is 18.3 Å². The number of carbonyl (C=O) groups excluding carboxylic acids is 1. The van der Waals surface area contributed by atoms with E-state index in [-0.39, 0.29) is 18.9 Å². The van der Waals surface area contributed by atoms with Gasteiger partial charge in [0.15, 0.2) is 0 Å². The summed E-state index contributed by atoms with van der Waals surface area (Å²) in [5.74, 6) is 0.134. The number of hydrogen-bond acceptors (Lipinski definition) is 5. The van der Waals surface area contributed by atoms with Crippen molar-refractivity contribution < 1.29 is 18.3 Å². The molecule has 0 radical (unpaired) electrons. The minimum Gasteiger partial charge on any atom is -0.375 e. The van der Waals surface area contributed by atoms with E-state index in [0.717, 1.165) is 31.9 Å². The molecule has 22 heavy (non-hydrogen) atoms. The smallest absolute Gasteiger partial charge is 0.261 e. The second-order valence-corrected chi connectivity index (χ2v) is 4.90. The van der Waals surface area contributed by atoms with Crippen LogP contribution in [0.5, 0.6) is 0 Å². The van der Waals surface area contributed by atoms with Crippen LogP contribution in [0.4, 0.5) is 20.3 Å². The highest BCUT2D eigenvalue weighted by Gasteiger charge is 2.11. The highest BCUT2D eigenvalue weighted by molar-refractivity contribution is 5.89. The highest BCUT2D eigenvalue weighted by atomic mass is 19.3. The molecular weight excluding hydrogens is 294 g/mol. The lowest BCUT2D eigenvalue weighted by atomic mass is 10.3. The number of anilines is 2. The average Bonchev–Trinajstić information content (AvgIpc) is 2.53. The third-order valence-corrected chi connectivity index (χ3v) is 3.21. The average molecular weight is 314 g/mol. The molecule has 1 aromatic rings. The number of nitrogens with one attached hydrogen (secondary N) is 2. The number of alkyl halides is 2. The number of piperazine rings is 1. The van der Waals surface area contributed by atoms with E-state index in [0.29, 0.717) is 5.82 Å². The van der Waals surface area contributed by atoms with Gasteiger partial charge in [0.25, 0.3) is 6.43 Å². The van der Waals surface area contributed by atoms with Gasteiger partial charge in [-0.1, -0.05) is 0 Å². The van der Waals surface area contributed by atoms with Gasteiger partial charge in [-0.15, -0.1) is 0 Å². The molecule has 8 heteroatoms. The third-order valence-electron chi connectivity index (χ3n) is 3.21. The molecule has 0 saturated carbocycles. The van der Waals surface area contributed by atoms with E-state index < -0.39 is 13.0 Å². The van der Waals surface area contributed by atoms with Crippen LogP contribution in [-0.4, -0.2) is 56.7 Å². The van der Waals surface area contributed by atoms with Crippen molar-refractivity contribution >= 4 is 17.4 Å². The molecule has 1 aliphatic heterocycles. The molecule has 1 aromatic heterocycles. The Kier molecular flexibility index (Phi) is 6.47. The summed E-state index contributed by atoms with van der Waals surface area (Å²) in [7, 11) is 0. The molecule has 0 bridgehead atoms. The monoisotopic (exact) mass is 314 g/mol. The Morgan fingerprint density at radius 1 is 1.41 bits per heavy atom. The summed E-state index contributed by atoms with van der Waals surface area (Å²) in [6.45, 7) is 3.05. The number of nitrogens with zero attached hydrogens (tertiary/aromatic N) is 2. The lowest BCUT2D eigenvalue weighted by molar-refractivity contribution is -0.117. The van der Waals surface area contributed by atoms with E-state index in [1.165, 1.54) is 0 Å². The van der Waals surface area contributed by atoms with Crippen LogP contribution < -0.4 is 15.5 Å². The van der Waals surface area contributed by atoms with Gasteiger partial charge in [0.1, 0.15) is 12.4 Å². The maximum atomic E-state index is 11.9. The van der Waals surface area contributed by atoms with Crippen molar-refractivity contribution in [2.75, 3.05) is 49.6 Å². The number of ether oxygens (including phenoxy) is 1. The van der Waals surface area contributed by atoms with Crippen molar-refractivity contribution in [3.63, 3.8) is 0 Å². The zero-order valence-electron chi connectivity index (χ0n) is 12.2. The Morgan fingerprint density at radius 2 is 2.18 bits per heavy atom. The summed E-state index contributed by atoms with van der Waals surface area (Å²) in [5, 5.41) is 5.89. The van der Waals surface area contributed by atoms with E-state index >= 15 is 0 Å². The van der Waals surface area contributed by atoms with Crippen molar-refractivity contribution in [1.29, 1.82) is 0 Å². The number of amides is 1. The molecule has 122 valence electrons. The number of aromatic nitrogens is 1. The van der Waals surface area contributed by atoms with Crippen LogP contribution in [0.1, 0.15) is 6.42 Å². The van der Waals surface area contributed by atoms with E-state index in [1.807, 2.05) is 6.07 Å². The van der Waals surface area contributed by atoms with Crippen molar-refractivity contribution in [3.05, 3.63) is 18.3 Å². The topological polar surface area (TPSA) is 66.5 Å². The predicted octanol–water partition coefficient (Wildman–Crippen LogP) is 1.10. The molecule has 6 nitrogen and oxygen atoms in total. The van der Waals surface area contributed by atoms with Gasteiger partial charge >= 0.3 is 0 Å². The molecule has 1 fully saturated rings. The van der Waals surface area contributed by atoms with Gasteiger partial charge in [-0.05, 0) is 12.1 Å². The molecule has 0 spiro atoms. The third kappa shape index (κ3) is 5.53. The first-order valence-electron chi connectivity index (χ1n) is 7.22. The highest BCUT2D eigenvalue weighted by Crippen LogP contribution is 2.15. The molecule has 2 heterocycles. The Hall–Kier alpha value is -1.80. The minimum absolute atomic E-state index is 0.0218. The Bertz CT molecular complexity index is 464. The molecule has 1 amide bonds. The number of carbonyl (C=O) groups is 1. The van der Waals surface area contributed by atoms with Gasteiger partial charge in [0, 0.05) is 26.2 Å². The zero-order valence-corrected chi connectivity index (χ0v) is 12.2. The number of rotatable bonds is 7. The Morgan fingerprint density at radius 3 is 2.82 bits per heavy atom. The molecule has 2 N–H and O–H groups in total. The van der Waals surface area contributed by atoms with E-state index in [2.05, 4.69) is 25.3 Å². The molecule has 0 atom stereocenters. The fourth-order valence-electron chi connectivity index (χ4n) is 2.11. The quantitative estimate of drug-likeness (QED) is 0.738. The number of hydrogen-bond donors (Lipinski definition) is 2. The molecule has 2 rings (SSSR count). The maximum absolute atomic E-state index is 11.9. The van der Waals surface area contributed by atoms with Crippen LogP contribution in [-0.2, 0) is 9.53 Å². The summed E-state index contributed by atoms with van der Waals surface area (Å²) in [6.07, 6.45) is -0.774. The first-order chi connectivity index (χ1) is 10.6. The second-order valence-electron chi connectivity index (χ2n) is 4.90. The first-order valence-corrected chi connectivity index (χ1v) is 7.22. The summed E-state index contributed by atoms with van der Waals surface area (Å²) in [4.78, 5) is 18.0. The van der Waals surface area contributed by atoms with Crippen LogP contribution >= 0.6 is 0 Å². The van der Waals surface area contributed by atoms with Crippen molar-refractivity contribution in [2.45, 2.75) is 12.8 Å². The van der Waals surface area contributed by atoms with Gasteiger partial charge in [-0.3, -0.25) is 4.79 Å². The lowest BCUT2D eigenvalue weighted by Gasteiger charge is -2.29. The van der Waals surface area contributed by atoms with Crippen molar-refractivity contribution in [3.8, 4) is 0 Å². The summed E-state index contributed by atoms with van der Waals surface area (Å²) in [6, 6.07) is 3.64. The molecule has 1 aliphatic rings.